The van der Waals surface area contributed by atoms with Crippen molar-refractivity contribution in [3.05, 3.63) is 0 Å². The lowest BCUT2D eigenvalue weighted by Crippen LogP contribution is -2.53. The molecule has 0 saturated carbocycles. The van der Waals surface area contributed by atoms with E-state index >= 15 is 0 Å². The highest BCUT2D eigenvalue weighted by atomic mass is 32.2. The molecule has 104 valence electrons. The zero-order valence-corrected chi connectivity index (χ0v) is 11.8. The molecule has 18 heavy (non-hydrogen) atoms. The highest BCUT2D eigenvalue weighted by Crippen LogP contribution is 2.16. The van der Waals surface area contributed by atoms with Crippen LogP contribution in [0.15, 0.2) is 0 Å². The predicted molar refractivity (Wildman–Crippen MR) is 73.0 cm³/mol. The first-order chi connectivity index (χ1) is 8.56. The number of rotatable bonds is 5. The maximum absolute atomic E-state index is 12.0. The van der Waals surface area contributed by atoms with Crippen LogP contribution in [0.4, 0.5) is 4.79 Å². The van der Waals surface area contributed by atoms with Crippen LogP contribution in [0.2, 0.25) is 0 Å². The molecule has 2 amide bonds. The predicted octanol–water partition coefficient (Wildman–Crippen LogP) is 1.78. The van der Waals surface area contributed by atoms with Crippen LogP contribution in [0.1, 0.15) is 33.1 Å². The summed E-state index contributed by atoms with van der Waals surface area (Å²) >= 11 is 1.83. The smallest absolute Gasteiger partial charge is 0.326 e. The van der Waals surface area contributed by atoms with Crippen molar-refractivity contribution >= 4 is 23.8 Å². The number of nitrogens with zero attached hydrogens (tertiary/aromatic N) is 1. The lowest BCUT2D eigenvalue weighted by Gasteiger charge is -2.33. The normalized spacial score (nSPS) is 21.4. The Morgan fingerprint density at radius 1 is 1.56 bits per heavy atom. The minimum atomic E-state index is -0.948. The summed E-state index contributed by atoms with van der Waals surface area (Å²) in [7, 11) is 0. The Kier molecular flexibility index (Phi) is 6.32. The maximum atomic E-state index is 12.0. The van der Waals surface area contributed by atoms with Gasteiger partial charge < -0.3 is 15.3 Å². The van der Waals surface area contributed by atoms with E-state index in [1.807, 2.05) is 25.6 Å². The first-order valence-corrected chi connectivity index (χ1v) is 7.59. The molecule has 0 aliphatic carbocycles. The summed E-state index contributed by atoms with van der Waals surface area (Å²) in [5, 5.41) is 11.7. The van der Waals surface area contributed by atoms with Gasteiger partial charge in [-0.2, -0.15) is 11.8 Å². The number of carboxylic acid groups (broad SMARTS) is 1. The fourth-order valence-electron chi connectivity index (χ4n) is 1.93. The number of thioether (sulfide) groups is 1. The van der Waals surface area contributed by atoms with E-state index in [0.717, 1.165) is 24.3 Å². The molecule has 6 heteroatoms. The van der Waals surface area contributed by atoms with Gasteiger partial charge in [0.25, 0.3) is 0 Å². The summed E-state index contributed by atoms with van der Waals surface area (Å²) in [6.45, 7) is 4.69. The molecule has 0 spiro atoms. The summed E-state index contributed by atoms with van der Waals surface area (Å²) in [6, 6.07) is -0.838. The topological polar surface area (TPSA) is 69.6 Å². The molecule has 2 atom stereocenters. The minimum absolute atomic E-state index is 0.171. The Balaban J connectivity index is 2.51. The van der Waals surface area contributed by atoms with Gasteiger partial charge in [0.05, 0.1) is 0 Å². The number of unbranched alkanes of at least 4 members (excludes halogenated alkanes) is 1. The van der Waals surface area contributed by atoms with Crippen LogP contribution in [-0.4, -0.2) is 52.1 Å². The molecule has 0 radical (unpaired) electrons. The van der Waals surface area contributed by atoms with E-state index in [2.05, 4.69) is 5.32 Å². The van der Waals surface area contributed by atoms with Gasteiger partial charge in [0.2, 0.25) is 0 Å². The molecule has 1 aliphatic heterocycles. The molecule has 1 fully saturated rings. The molecule has 0 aromatic rings. The number of amides is 2. The SMILES string of the molecule is CCCC[C@H](NC(=O)N1CCSCC1C)C(=O)O. The average molecular weight is 274 g/mol. The minimum Gasteiger partial charge on any atom is -0.480 e. The Morgan fingerprint density at radius 2 is 2.28 bits per heavy atom. The molecule has 2 N–H and O–H groups in total. The summed E-state index contributed by atoms with van der Waals surface area (Å²) < 4.78 is 0. The average Bonchev–Trinajstić information content (AvgIpc) is 2.34. The third-order valence-electron chi connectivity index (χ3n) is 3.07. The van der Waals surface area contributed by atoms with Gasteiger partial charge in [-0.1, -0.05) is 19.8 Å². The third kappa shape index (κ3) is 4.40. The van der Waals surface area contributed by atoms with E-state index in [1.54, 1.807) is 4.90 Å². The van der Waals surface area contributed by atoms with E-state index < -0.39 is 12.0 Å². The van der Waals surface area contributed by atoms with Crippen LogP contribution in [0.25, 0.3) is 0 Å². The molecule has 1 unspecified atom stereocenters. The van der Waals surface area contributed by atoms with Crippen molar-refractivity contribution in [1.29, 1.82) is 0 Å². The number of urea groups is 1. The second-order valence-electron chi connectivity index (χ2n) is 4.60. The number of nitrogens with one attached hydrogen (secondary N) is 1. The lowest BCUT2D eigenvalue weighted by molar-refractivity contribution is -0.139. The Bertz CT molecular complexity index is 299. The van der Waals surface area contributed by atoms with Crippen LogP contribution in [-0.2, 0) is 4.79 Å². The van der Waals surface area contributed by atoms with Crippen molar-refractivity contribution < 1.29 is 14.7 Å². The number of hydrogen-bond acceptors (Lipinski definition) is 3. The van der Waals surface area contributed by atoms with Crippen molar-refractivity contribution in [3.63, 3.8) is 0 Å². The van der Waals surface area contributed by atoms with Crippen LogP contribution in [0.3, 0.4) is 0 Å². The molecule has 5 nitrogen and oxygen atoms in total. The van der Waals surface area contributed by atoms with Gasteiger partial charge in [0.1, 0.15) is 6.04 Å². The molecule has 1 saturated heterocycles. The van der Waals surface area contributed by atoms with Crippen LogP contribution < -0.4 is 5.32 Å². The summed E-state index contributed by atoms with van der Waals surface area (Å²) in [4.78, 5) is 24.8. The molecule has 1 aliphatic rings. The fourth-order valence-corrected chi connectivity index (χ4v) is 2.94. The first kappa shape index (κ1) is 15.1. The second kappa shape index (κ2) is 7.51. The first-order valence-electron chi connectivity index (χ1n) is 6.44. The van der Waals surface area contributed by atoms with Crippen molar-refractivity contribution in [2.45, 2.75) is 45.2 Å². The van der Waals surface area contributed by atoms with Crippen molar-refractivity contribution in [2.75, 3.05) is 18.1 Å². The lowest BCUT2D eigenvalue weighted by atomic mass is 10.1. The van der Waals surface area contributed by atoms with E-state index in [1.165, 1.54) is 0 Å². The van der Waals surface area contributed by atoms with Gasteiger partial charge in [0.15, 0.2) is 0 Å². The quantitative estimate of drug-likeness (QED) is 0.801. The van der Waals surface area contributed by atoms with E-state index in [0.29, 0.717) is 13.0 Å². The highest BCUT2D eigenvalue weighted by molar-refractivity contribution is 7.99. The number of carbonyl (C=O) groups is 2. The number of aliphatic carboxylic acids is 1. The molecular formula is C12H22N2O3S. The molecule has 1 rings (SSSR count). The summed E-state index contributed by atoms with van der Waals surface area (Å²) in [5.41, 5.74) is 0. The fraction of sp³-hybridized carbons (Fsp3) is 0.833. The molecule has 0 bridgehead atoms. The van der Waals surface area contributed by atoms with Gasteiger partial charge >= 0.3 is 12.0 Å². The van der Waals surface area contributed by atoms with Gasteiger partial charge in [-0.15, -0.1) is 0 Å². The van der Waals surface area contributed by atoms with Gasteiger partial charge in [0, 0.05) is 24.1 Å². The molecule has 0 aromatic heterocycles. The van der Waals surface area contributed by atoms with Crippen molar-refractivity contribution in [1.82, 2.24) is 10.2 Å². The highest BCUT2D eigenvalue weighted by Gasteiger charge is 2.27. The molecular weight excluding hydrogens is 252 g/mol. The van der Waals surface area contributed by atoms with E-state index in [9.17, 15) is 9.59 Å². The van der Waals surface area contributed by atoms with Gasteiger partial charge in [-0.3, -0.25) is 0 Å². The maximum Gasteiger partial charge on any atom is 0.326 e. The van der Waals surface area contributed by atoms with E-state index in [4.69, 9.17) is 5.11 Å². The van der Waals surface area contributed by atoms with Crippen LogP contribution >= 0.6 is 11.8 Å². The standard InChI is InChI=1S/C12H22N2O3S/c1-3-4-5-10(11(15)16)13-12(17)14-6-7-18-8-9(14)2/h9-10H,3-8H2,1-2H3,(H,13,17)(H,15,16)/t9?,10-/m0/s1. The van der Waals surface area contributed by atoms with Crippen molar-refractivity contribution in [2.24, 2.45) is 0 Å². The number of carboxylic acids is 1. The Labute approximate surface area is 112 Å². The summed E-state index contributed by atoms with van der Waals surface area (Å²) in [6.07, 6.45) is 2.23. The molecule has 0 aromatic carbocycles. The zero-order chi connectivity index (χ0) is 13.5. The van der Waals surface area contributed by atoms with Crippen molar-refractivity contribution in [3.8, 4) is 0 Å². The monoisotopic (exact) mass is 274 g/mol. The molecule has 1 heterocycles. The zero-order valence-electron chi connectivity index (χ0n) is 11.0. The van der Waals surface area contributed by atoms with Crippen LogP contribution in [0, 0.1) is 0 Å². The largest absolute Gasteiger partial charge is 0.480 e. The third-order valence-corrected chi connectivity index (χ3v) is 4.26. The Morgan fingerprint density at radius 3 is 2.83 bits per heavy atom. The van der Waals surface area contributed by atoms with Gasteiger partial charge in [-0.05, 0) is 13.3 Å². The number of hydrogen-bond donors (Lipinski definition) is 2. The Hall–Kier alpha value is -0.910. The number of carbonyl (C=O) groups excluding carboxylic acids is 1. The summed E-state index contributed by atoms with van der Waals surface area (Å²) in [5.74, 6) is 0.890. The second-order valence-corrected chi connectivity index (χ2v) is 5.75. The van der Waals surface area contributed by atoms with Gasteiger partial charge in [-0.25, -0.2) is 9.59 Å². The van der Waals surface area contributed by atoms with E-state index in [-0.39, 0.29) is 12.1 Å². The van der Waals surface area contributed by atoms with Crippen LogP contribution in [0.5, 0.6) is 0 Å².